The second-order valence-electron chi connectivity index (χ2n) is 7.40. The molecule has 2 aromatic rings. The minimum Gasteiger partial charge on any atom is -0.495 e. The topological polar surface area (TPSA) is 85.4 Å². The van der Waals surface area contributed by atoms with Crippen molar-refractivity contribution in [2.45, 2.75) is 17.9 Å². The van der Waals surface area contributed by atoms with E-state index in [1.807, 2.05) is 0 Å². The second kappa shape index (κ2) is 10.3. The summed E-state index contributed by atoms with van der Waals surface area (Å²) in [6.45, 7) is 1.38. The number of methoxy groups -OCH3 is 2. The summed E-state index contributed by atoms with van der Waals surface area (Å²) in [7, 11) is 0.605. The molecule has 0 N–H and O–H groups in total. The van der Waals surface area contributed by atoms with Gasteiger partial charge in [-0.25, -0.2) is 12.8 Å². The number of hydrogen-bond acceptors (Lipinski definition) is 6. The number of halogens is 1. The number of nitrogens with zero attached hydrogens (tertiary/aromatic N) is 2. The van der Waals surface area contributed by atoms with Crippen LogP contribution in [-0.4, -0.2) is 71.1 Å². The fourth-order valence-electron chi connectivity index (χ4n) is 3.44. The molecule has 0 atom stereocenters. The molecule has 1 fully saturated rings. The van der Waals surface area contributed by atoms with Crippen molar-refractivity contribution in [1.29, 1.82) is 0 Å². The number of hydrogen-bond donors (Lipinski definition) is 0. The summed E-state index contributed by atoms with van der Waals surface area (Å²) in [5, 5.41) is 0. The van der Waals surface area contributed by atoms with Gasteiger partial charge in [-0.3, -0.25) is 4.79 Å². The van der Waals surface area contributed by atoms with E-state index in [1.54, 1.807) is 25.2 Å². The highest BCUT2D eigenvalue weighted by molar-refractivity contribution is 7.89. The first-order valence-corrected chi connectivity index (χ1v) is 11.5. The monoisotopic (exact) mass is 466 g/mol. The van der Waals surface area contributed by atoms with E-state index in [2.05, 4.69) is 0 Å². The molecule has 2 aromatic carbocycles. The van der Waals surface area contributed by atoms with Gasteiger partial charge in [-0.2, -0.15) is 4.31 Å². The number of sulfonamides is 1. The lowest BCUT2D eigenvalue weighted by Gasteiger charge is -2.27. The molecule has 174 valence electrons. The third-order valence-electron chi connectivity index (χ3n) is 5.23. The highest BCUT2D eigenvalue weighted by atomic mass is 32.2. The van der Waals surface area contributed by atoms with E-state index in [0.717, 1.165) is 0 Å². The van der Waals surface area contributed by atoms with Crippen molar-refractivity contribution in [3.63, 3.8) is 0 Å². The van der Waals surface area contributed by atoms with Crippen molar-refractivity contribution in [2.24, 2.45) is 0 Å². The van der Waals surface area contributed by atoms with Crippen LogP contribution in [0.15, 0.2) is 41.3 Å². The third kappa shape index (κ3) is 5.37. The molecule has 10 heteroatoms. The van der Waals surface area contributed by atoms with Gasteiger partial charge in [0.1, 0.15) is 10.6 Å². The van der Waals surface area contributed by atoms with Gasteiger partial charge in [-0.1, -0.05) is 12.1 Å². The molecule has 0 aliphatic carbocycles. The van der Waals surface area contributed by atoms with Crippen LogP contribution in [0.5, 0.6) is 11.5 Å². The number of morpholine rings is 1. The lowest BCUT2D eigenvalue weighted by atomic mass is 10.1. The van der Waals surface area contributed by atoms with Crippen LogP contribution in [0, 0.1) is 5.82 Å². The Balaban J connectivity index is 1.76. The van der Waals surface area contributed by atoms with Crippen LogP contribution >= 0.6 is 0 Å². The maximum atomic E-state index is 13.9. The molecule has 1 amide bonds. The zero-order valence-corrected chi connectivity index (χ0v) is 19.2. The summed E-state index contributed by atoms with van der Waals surface area (Å²) in [4.78, 5) is 14.2. The first-order chi connectivity index (χ1) is 15.3. The van der Waals surface area contributed by atoms with Crippen LogP contribution in [0.2, 0.25) is 0 Å². The van der Waals surface area contributed by atoms with E-state index < -0.39 is 15.8 Å². The molecule has 0 saturated carbocycles. The highest BCUT2D eigenvalue weighted by Gasteiger charge is 2.29. The van der Waals surface area contributed by atoms with Crippen molar-refractivity contribution in [1.82, 2.24) is 9.21 Å². The molecule has 0 bridgehead atoms. The smallest absolute Gasteiger partial charge is 0.246 e. The van der Waals surface area contributed by atoms with Gasteiger partial charge in [0.2, 0.25) is 15.9 Å². The third-order valence-corrected chi connectivity index (χ3v) is 7.15. The maximum Gasteiger partial charge on any atom is 0.246 e. The number of carbonyl (C=O) groups is 1. The minimum absolute atomic E-state index is 0.00916. The van der Waals surface area contributed by atoms with E-state index in [-0.39, 0.29) is 48.4 Å². The van der Waals surface area contributed by atoms with Crippen LogP contribution in [0.1, 0.15) is 11.1 Å². The summed E-state index contributed by atoms with van der Waals surface area (Å²) in [6.07, 6.45) is -0.00916. The summed E-state index contributed by atoms with van der Waals surface area (Å²) in [5.74, 6) is -0.384. The van der Waals surface area contributed by atoms with Gasteiger partial charge in [0.25, 0.3) is 0 Å². The largest absolute Gasteiger partial charge is 0.495 e. The Hall–Kier alpha value is -2.69. The SMILES string of the molecule is COc1ccc(CN(C)C(=O)Cc2ccc(OC)c(S(=O)(=O)N3CCOCC3)c2)cc1F. The molecular formula is C22H27FN2O6S. The van der Waals surface area contributed by atoms with Crippen molar-refractivity contribution in [3.8, 4) is 11.5 Å². The summed E-state index contributed by atoms with van der Waals surface area (Å²) in [5.41, 5.74) is 1.15. The number of benzene rings is 2. The first kappa shape index (κ1) is 24.0. The van der Waals surface area contributed by atoms with Crippen LogP contribution in [0.3, 0.4) is 0 Å². The van der Waals surface area contributed by atoms with Gasteiger partial charge in [-0.05, 0) is 35.4 Å². The van der Waals surface area contributed by atoms with Crippen molar-refractivity contribution in [3.05, 3.63) is 53.3 Å². The first-order valence-electron chi connectivity index (χ1n) is 10.1. The maximum absolute atomic E-state index is 13.9. The van der Waals surface area contributed by atoms with Gasteiger partial charge < -0.3 is 19.1 Å². The molecule has 32 heavy (non-hydrogen) atoms. The number of likely N-dealkylation sites (N-methyl/N-ethyl adjacent to an activating group) is 1. The Bertz CT molecular complexity index is 1070. The lowest BCUT2D eigenvalue weighted by Crippen LogP contribution is -2.40. The molecular weight excluding hydrogens is 439 g/mol. The molecule has 0 aromatic heterocycles. The average molecular weight is 467 g/mol. The van der Waals surface area contributed by atoms with Crippen LogP contribution in [-0.2, 0) is 32.5 Å². The van der Waals surface area contributed by atoms with E-state index in [4.69, 9.17) is 14.2 Å². The van der Waals surface area contributed by atoms with Crippen molar-refractivity contribution in [2.75, 3.05) is 47.6 Å². The predicted molar refractivity (Wildman–Crippen MR) is 116 cm³/mol. The van der Waals surface area contributed by atoms with Crippen LogP contribution < -0.4 is 9.47 Å². The Morgan fingerprint density at radius 2 is 1.69 bits per heavy atom. The standard InChI is InChI=1S/C22H27FN2O6S/c1-24(15-17-5-6-19(29-2)18(23)12-17)22(26)14-16-4-7-20(30-3)21(13-16)32(27,28)25-8-10-31-11-9-25/h4-7,12-13H,8-11,14-15H2,1-3H3. The highest BCUT2D eigenvalue weighted by Crippen LogP contribution is 2.29. The fourth-order valence-corrected chi connectivity index (χ4v) is 5.05. The number of carbonyl (C=O) groups excluding carboxylic acids is 1. The Kier molecular flexibility index (Phi) is 7.70. The fraction of sp³-hybridized carbons (Fsp3) is 0.409. The molecule has 0 unspecified atom stereocenters. The summed E-state index contributed by atoms with van der Waals surface area (Å²) >= 11 is 0. The quantitative estimate of drug-likeness (QED) is 0.592. The van der Waals surface area contributed by atoms with Gasteiger partial charge in [-0.15, -0.1) is 0 Å². The van der Waals surface area contributed by atoms with Gasteiger partial charge in [0.15, 0.2) is 11.6 Å². The van der Waals surface area contributed by atoms with E-state index in [1.165, 1.54) is 41.6 Å². The number of rotatable bonds is 8. The number of ether oxygens (including phenoxy) is 3. The lowest BCUT2D eigenvalue weighted by molar-refractivity contribution is -0.129. The molecule has 1 aliphatic heterocycles. The molecule has 8 nitrogen and oxygen atoms in total. The van der Waals surface area contributed by atoms with Gasteiger partial charge in [0.05, 0.1) is 33.9 Å². The molecule has 1 aliphatic rings. The Morgan fingerprint density at radius 3 is 2.31 bits per heavy atom. The molecule has 1 saturated heterocycles. The minimum atomic E-state index is -3.79. The molecule has 0 spiro atoms. The Labute approximate surface area is 187 Å². The predicted octanol–water partition coefficient (Wildman–Crippen LogP) is 2.06. The summed E-state index contributed by atoms with van der Waals surface area (Å²) in [6, 6.07) is 9.21. The normalized spacial score (nSPS) is 14.8. The van der Waals surface area contributed by atoms with Crippen LogP contribution in [0.4, 0.5) is 4.39 Å². The molecule has 3 rings (SSSR count). The molecule has 0 radical (unpaired) electrons. The van der Waals surface area contributed by atoms with Crippen molar-refractivity contribution >= 4 is 15.9 Å². The zero-order chi connectivity index (χ0) is 23.3. The second-order valence-corrected chi connectivity index (χ2v) is 9.30. The summed E-state index contributed by atoms with van der Waals surface area (Å²) < 4.78 is 56.9. The van der Waals surface area contributed by atoms with Crippen LogP contribution in [0.25, 0.3) is 0 Å². The average Bonchev–Trinajstić information content (AvgIpc) is 2.79. The van der Waals surface area contributed by atoms with Gasteiger partial charge in [0, 0.05) is 26.7 Å². The van der Waals surface area contributed by atoms with E-state index >= 15 is 0 Å². The molecule has 1 heterocycles. The zero-order valence-electron chi connectivity index (χ0n) is 18.3. The van der Waals surface area contributed by atoms with Gasteiger partial charge >= 0.3 is 0 Å². The number of amides is 1. The van der Waals surface area contributed by atoms with E-state index in [9.17, 15) is 17.6 Å². The Morgan fingerprint density at radius 1 is 1.06 bits per heavy atom. The van der Waals surface area contributed by atoms with Crippen molar-refractivity contribution < 1.29 is 31.8 Å². The van der Waals surface area contributed by atoms with E-state index in [0.29, 0.717) is 24.3 Å².